The van der Waals surface area contributed by atoms with E-state index in [0.717, 1.165) is 43.5 Å². The summed E-state index contributed by atoms with van der Waals surface area (Å²) < 4.78 is 5.61. The number of hydrogen-bond acceptors (Lipinski definition) is 5. The molecule has 1 aliphatic rings. The van der Waals surface area contributed by atoms with Gasteiger partial charge in [0.2, 0.25) is 0 Å². The van der Waals surface area contributed by atoms with Crippen LogP contribution in [0.5, 0.6) is 0 Å². The van der Waals surface area contributed by atoms with Crippen LogP contribution in [0.15, 0.2) is 6.07 Å². The average molecular weight is 292 g/mol. The van der Waals surface area contributed by atoms with Crippen molar-refractivity contribution in [1.82, 2.24) is 9.97 Å². The maximum Gasteiger partial charge on any atom is 0.138 e. The Balaban J connectivity index is 2.22. The van der Waals surface area contributed by atoms with Gasteiger partial charge in [0.15, 0.2) is 0 Å². The van der Waals surface area contributed by atoms with Crippen molar-refractivity contribution in [2.24, 2.45) is 0 Å². The molecule has 1 aromatic heterocycles. The Bertz CT molecular complexity index is 470. The maximum absolute atomic E-state index is 5.61. The molecule has 5 nitrogen and oxygen atoms in total. The van der Waals surface area contributed by atoms with Crippen molar-refractivity contribution >= 4 is 11.6 Å². The van der Waals surface area contributed by atoms with Crippen molar-refractivity contribution in [3.05, 3.63) is 11.9 Å². The van der Waals surface area contributed by atoms with Crippen LogP contribution < -0.4 is 10.6 Å². The minimum absolute atomic E-state index is 0.0713. The van der Waals surface area contributed by atoms with Gasteiger partial charge in [-0.15, -0.1) is 0 Å². The summed E-state index contributed by atoms with van der Waals surface area (Å²) in [4.78, 5) is 9.34. The zero-order valence-corrected chi connectivity index (χ0v) is 13.9. The van der Waals surface area contributed by atoms with E-state index in [1.165, 1.54) is 0 Å². The molecule has 2 N–H and O–H groups in total. The standard InChI is InChI=1S/C16H28N4O/c1-6-8-17-13-10-14(18-12-7-9-21-11(12)2)20-15(19-13)16(3,4)5/h10-12H,6-9H2,1-5H3,(H2,17,18,19,20). The molecule has 2 unspecified atom stereocenters. The van der Waals surface area contributed by atoms with E-state index in [-0.39, 0.29) is 11.5 Å². The summed E-state index contributed by atoms with van der Waals surface area (Å²) in [6.07, 6.45) is 2.32. The van der Waals surface area contributed by atoms with Gasteiger partial charge >= 0.3 is 0 Å². The van der Waals surface area contributed by atoms with Gasteiger partial charge in [0.1, 0.15) is 17.5 Å². The highest BCUT2D eigenvalue weighted by Gasteiger charge is 2.25. The van der Waals surface area contributed by atoms with Crippen molar-refractivity contribution in [3.8, 4) is 0 Å². The van der Waals surface area contributed by atoms with Gasteiger partial charge < -0.3 is 15.4 Å². The number of hydrogen-bond donors (Lipinski definition) is 2. The van der Waals surface area contributed by atoms with Gasteiger partial charge in [-0.3, -0.25) is 0 Å². The molecule has 0 amide bonds. The fourth-order valence-corrected chi connectivity index (χ4v) is 2.31. The summed E-state index contributed by atoms with van der Waals surface area (Å²) in [7, 11) is 0. The van der Waals surface area contributed by atoms with E-state index in [1.807, 2.05) is 6.07 Å². The molecule has 0 aliphatic carbocycles. The van der Waals surface area contributed by atoms with E-state index >= 15 is 0 Å². The fourth-order valence-electron chi connectivity index (χ4n) is 2.31. The molecule has 21 heavy (non-hydrogen) atoms. The lowest BCUT2D eigenvalue weighted by Crippen LogP contribution is -2.28. The van der Waals surface area contributed by atoms with Crippen LogP contribution in [-0.4, -0.2) is 35.3 Å². The van der Waals surface area contributed by atoms with Gasteiger partial charge in [-0.25, -0.2) is 9.97 Å². The first-order chi connectivity index (χ1) is 9.90. The van der Waals surface area contributed by atoms with E-state index in [9.17, 15) is 0 Å². The molecular formula is C16H28N4O. The molecule has 1 saturated heterocycles. The van der Waals surface area contributed by atoms with Crippen molar-refractivity contribution in [2.75, 3.05) is 23.8 Å². The van der Waals surface area contributed by atoms with Crippen molar-refractivity contribution in [1.29, 1.82) is 0 Å². The highest BCUT2D eigenvalue weighted by molar-refractivity contribution is 5.49. The van der Waals surface area contributed by atoms with Gasteiger partial charge in [0, 0.05) is 24.6 Å². The average Bonchev–Trinajstić information content (AvgIpc) is 2.81. The van der Waals surface area contributed by atoms with Gasteiger partial charge in [-0.05, 0) is 19.8 Å². The zero-order valence-electron chi connectivity index (χ0n) is 13.9. The Morgan fingerprint density at radius 1 is 1.29 bits per heavy atom. The molecule has 0 aromatic carbocycles. The van der Waals surface area contributed by atoms with E-state index in [0.29, 0.717) is 6.04 Å². The highest BCUT2D eigenvalue weighted by atomic mass is 16.5. The van der Waals surface area contributed by atoms with Crippen LogP contribution in [-0.2, 0) is 10.2 Å². The summed E-state index contributed by atoms with van der Waals surface area (Å²) in [5, 5.41) is 6.86. The first-order valence-electron chi connectivity index (χ1n) is 7.91. The quantitative estimate of drug-likeness (QED) is 0.873. The molecule has 118 valence electrons. The maximum atomic E-state index is 5.61. The number of anilines is 2. The second-order valence-electron chi connectivity index (χ2n) is 6.75. The number of nitrogens with zero attached hydrogens (tertiary/aromatic N) is 2. The third-order valence-corrected chi connectivity index (χ3v) is 3.66. The van der Waals surface area contributed by atoms with E-state index < -0.39 is 0 Å². The second-order valence-corrected chi connectivity index (χ2v) is 6.75. The first-order valence-corrected chi connectivity index (χ1v) is 7.91. The molecule has 0 spiro atoms. The fraction of sp³-hybridized carbons (Fsp3) is 0.750. The predicted molar refractivity (Wildman–Crippen MR) is 87.0 cm³/mol. The van der Waals surface area contributed by atoms with Crippen LogP contribution in [0.25, 0.3) is 0 Å². The molecule has 0 saturated carbocycles. The van der Waals surface area contributed by atoms with Crippen molar-refractivity contribution < 1.29 is 4.74 Å². The van der Waals surface area contributed by atoms with E-state index in [2.05, 4.69) is 50.2 Å². The zero-order chi connectivity index (χ0) is 15.5. The van der Waals surface area contributed by atoms with Crippen LogP contribution in [0.4, 0.5) is 11.6 Å². The molecule has 0 radical (unpaired) electrons. The third-order valence-electron chi connectivity index (χ3n) is 3.66. The summed E-state index contributed by atoms with van der Waals surface area (Å²) in [6.45, 7) is 12.4. The van der Waals surface area contributed by atoms with Crippen LogP contribution in [0.3, 0.4) is 0 Å². The Morgan fingerprint density at radius 2 is 2.00 bits per heavy atom. The van der Waals surface area contributed by atoms with Gasteiger partial charge in [-0.2, -0.15) is 0 Å². The lowest BCUT2D eigenvalue weighted by Gasteiger charge is -2.21. The minimum Gasteiger partial charge on any atom is -0.376 e. The number of ether oxygens (including phenoxy) is 1. The number of aromatic nitrogens is 2. The van der Waals surface area contributed by atoms with Gasteiger partial charge in [0.05, 0.1) is 12.1 Å². The smallest absolute Gasteiger partial charge is 0.138 e. The molecular weight excluding hydrogens is 264 g/mol. The van der Waals surface area contributed by atoms with Crippen LogP contribution in [0.2, 0.25) is 0 Å². The Labute approximate surface area is 127 Å². The summed E-state index contributed by atoms with van der Waals surface area (Å²) in [6, 6.07) is 2.32. The lowest BCUT2D eigenvalue weighted by molar-refractivity contribution is 0.121. The highest BCUT2D eigenvalue weighted by Crippen LogP contribution is 2.24. The Kier molecular flexibility index (Phi) is 5.04. The Hall–Kier alpha value is -1.36. The molecule has 2 rings (SSSR count). The van der Waals surface area contributed by atoms with Gasteiger partial charge in [-0.1, -0.05) is 27.7 Å². The summed E-state index contributed by atoms with van der Waals surface area (Å²) >= 11 is 0. The summed E-state index contributed by atoms with van der Waals surface area (Å²) in [5.41, 5.74) is -0.0713. The lowest BCUT2D eigenvalue weighted by atomic mass is 9.96. The SMILES string of the molecule is CCCNc1cc(NC2CCOC2C)nc(C(C)(C)C)n1. The van der Waals surface area contributed by atoms with Crippen LogP contribution in [0, 0.1) is 0 Å². The minimum atomic E-state index is -0.0713. The van der Waals surface area contributed by atoms with Crippen LogP contribution >= 0.6 is 0 Å². The molecule has 2 atom stereocenters. The topological polar surface area (TPSA) is 59.1 Å². The number of nitrogens with one attached hydrogen (secondary N) is 2. The molecule has 1 aliphatic heterocycles. The predicted octanol–water partition coefficient (Wildman–Crippen LogP) is 3.19. The van der Waals surface area contributed by atoms with Crippen molar-refractivity contribution in [3.63, 3.8) is 0 Å². The molecule has 1 aromatic rings. The normalized spacial score (nSPS) is 22.3. The summed E-state index contributed by atoms with van der Waals surface area (Å²) in [5.74, 6) is 2.64. The third kappa shape index (κ3) is 4.30. The van der Waals surface area contributed by atoms with Crippen LogP contribution in [0.1, 0.15) is 53.3 Å². The molecule has 5 heteroatoms. The first kappa shape index (κ1) is 16.0. The largest absolute Gasteiger partial charge is 0.376 e. The second kappa shape index (κ2) is 6.60. The number of rotatable bonds is 5. The van der Waals surface area contributed by atoms with E-state index in [4.69, 9.17) is 9.72 Å². The molecule has 2 heterocycles. The van der Waals surface area contributed by atoms with E-state index in [1.54, 1.807) is 0 Å². The monoisotopic (exact) mass is 292 g/mol. The Morgan fingerprint density at radius 3 is 2.57 bits per heavy atom. The van der Waals surface area contributed by atoms with Gasteiger partial charge in [0.25, 0.3) is 0 Å². The van der Waals surface area contributed by atoms with Crippen molar-refractivity contribution in [2.45, 2.75) is 65.0 Å². The molecule has 1 fully saturated rings. The molecule has 0 bridgehead atoms.